The number of imide groups is 1. The highest BCUT2D eigenvalue weighted by Gasteiger charge is 2.39. The molecule has 0 spiro atoms. The molecule has 124 valence electrons. The van der Waals surface area contributed by atoms with Crippen LogP contribution in [0, 0.1) is 5.82 Å². The predicted octanol–water partition coefficient (Wildman–Crippen LogP) is 3.05. The van der Waals surface area contributed by atoms with Crippen LogP contribution in [0.1, 0.15) is 12.0 Å². The Morgan fingerprint density at radius 1 is 1.17 bits per heavy atom. The molecule has 24 heavy (non-hydrogen) atoms. The molecule has 3 rings (SSSR count). The molecule has 0 bridgehead atoms. The van der Waals surface area contributed by atoms with E-state index in [2.05, 4.69) is 21.2 Å². The smallest absolute Gasteiger partial charge is 0.251 e. The maximum atomic E-state index is 13.1. The summed E-state index contributed by atoms with van der Waals surface area (Å²) in [5, 5.41) is 3.10. The third-order valence-electron chi connectivity index (χ3n) is 3.92. The standard InChI is InChI=1S/C18H16BrFN2O2/c19-13-4-6-15(7-5-13)22-17(23)11-16(18(22)24)21-9-8-12-2-1-3-14(20)10-12/h1-7,10,16,21H,8-9,11H2. The first-order chi connectivity index (χ1) is 11.5. The molecule has 1 saturated heterocycles. The Kier molecular flexibility index (Phi) is 5.06. The zero-order valence-electron chi connectivity index (χ0n) is 12.8. The van der Waals surface area contributed by atoms with Gasteiger partial charge in [-0.3, -0.25) is 9.59 Å². The lowest BCUT2D eigenvalue weighted by Crippen LogP contribution is -2.39. The van der Waals surface area contributed by atoms with Crippen LogP contribution >= 0.6 is 15.9 Å². The van der Waals surface area contributed by atoms with Crippen molar-refractivity contribution in [1.29, 1.82) is 0 Å². The van der Waals surface area contributed by atoms with Crippen LogP contribution in [0.3, 0.4) is 0 Å². The van der Waals surface area contributed by atoms with Crippen LogP contribution in [0.5, 0.6) is 0 Å². The van der Waals surface area contributed by atoms with Crippen molar-refractivity contribution in [1.82, 2.24) is 5.32 Å². The van der Waals surface area contributed by atoms with Gasteiger partial charge in [0.2, 0.25) is 5.91 Å². The molecule has 1 atom stereocenters. The van der Waals surface area contributed by atoms with E-state index >= 15 is 0 Å². The highest BCUT2D eigenvalue weighted by Crippen LogP contribution is 2.24. The van der Waals surface area contributed by atoms with Crippen LogP contribution in [-0.2, 0) is 16.0 Å². The van der Waals surface area contributed by atoms with Crippen molar-refractivity contribution in [2.75, 3.05) is 11.4 Å². The summed E-state index contributed by atoms with van der Waals surface area (Å²) in [5.41, 5.74) is 1.42. The molecule has 1 aliphatic rings. The van der Waals surface area contributed by atoms with Gasteiger partial charge < -0.3 is 5.32 Å². The van der Waals surface area contributed by atoms with E-state index in [0.717, 1.165) is 10.0 Å². The van der Waals surface area contributed by atoms with Crippen LogP contribution in [0.4, 0.5) is 10.1 Å². The molecule has 0 saturated carbocycles. The lowest BCUT2D eigenvalue weighted by Gasteiger charge is -2.15. The lowest BCUT2D eigenvalue weighted by atomic mass is 10.1. The minimum Gasteiger partial charge on any atom is -0.305 e. The zero-order chi connectivity index (χ0) is 17.1. The minimum atomic E-state index is -0.533. The van der Waals surface area contributed by atoms with Crippen LogP contribution < -0.4 is 10.2 Å². The summed E-state index contributed by atoms with van der Waals surface area (Å²) in [6.07, 6.45) is 0.728. The van der Waals surface area contributed by atoms with E-state index in [1.807, 2.05) is 6.07 Å². The summed E-state index contributed by atoms with van der Waals surface area (Å²) in [5.74, 6) is -0.742. The number of hydrogen-bond donors (Lipinski definition) is 1. The summed E-state index contributed by atoms with van der Waals surface area (Å²) < 4.78 is 14.0. The van der Waals surface area contributed by atoms with Crippen LogP contribution in [0.2, 0.25) is 0 Å². The van der Waals surface area contributed by atoms with Gasteiger partial charge in [0, 0.05) is 4.47 Å². The fourth-order valence-electron chi connectivity index (χ4n) is 2.74. The molecule has 1 aliphatic heterocycles. The van der Waals surface area contributed by atoms with Crippen molar-refractivity contribution in [2.24, 2.45) is 0 Å². The van der Waals surface area contributed by atoms with E-state index < -0.39 is 6.04 Å². The van der Waals surface area contributed by atoms with Crippen molar-refractivity contribution in [3.05, 3.63) is 64.4 Å². The molecular weight excluding hydrogens is 375 g/mol. The zero-order valence-corrected chi connectivity index (χ0v) is 14.4. The third-order valence-corrected chi connectivity index (χ3v) is 4.45. The van der Waals surface area contributed by atoms with E-state index in [0.29, 0.717) is 18.7 Å². The minimum absolute atomic E-state index is 0.137. The molecule has 4 nitrogen and oxygen atoms in total. The first kappa shape index (κ1) is 16.8. The summed E-state index contributed by atoms with van der Waals surface area (Å²) in [6.45, 7) is 0.501. The van der Waals surface area contributed by atoms with Gasteiger partial charge in [0.15, 0.2) is 0 Å². The normalized spacial score (nSPS) is 17.6. The van der Waals surface area contributed by atoms with Gasteiger partial charge in [-0.25, -0.2) is 9.29 Å². The SMILES string of the molecule is O=C1CC(NCCc2cccc(F)c2)C(=O)N1c1ccc(Br)cc1. The predicted molar refractivity (Wildman–Crippen MR) is 93.1 cm³/mol. The number of nitrogens with one attached hydrogen (secondary N) is 1. The number of rotatable bonds is 5. The Hall–Kier alpha value is -2.05. The molecular formula is C18H16BrFN2O2. The van der Waals surface area contributed by atoms with Crippen LogP contribution in [0.15, 0.2) is 53.0 Å². The van der Waals surface area contributed by atoms with Crippen molar-refractivity contribution in [3.63, 3.8) is 0 Å². The van der Waals surface area contributed by atoms with Crippen molar-refractivity contribution in [2.45, 2.75) is 18.9 Å². The van der Waals surface area contributed by atoms with E-state index in [4.69, 9.17) is 0 Å². The number of hydrogen-bond acceptors (Lipinski definition) is 3. The second kappa shape index (κ2) is 7.23. The maximum Gasteiger partial charge on any atom is 0.251 e. The molecule has 1 fully saturated rings. The van der Waals surface area contributed by atoms with Crippen molar-refractivity contribution < 1.29 is 14.0 Å². The first-order valence-electron chi connectivity index (χ1n) is 7.65. The maximum absolute atomic E-state index is 13.1. The fraction of sp³-hybridized carbons (Fsp3) is 0.222. The Balaban J connectivity index is 1.60. The summed E-state index contributed by atoms with van der Waals surface area (Å²) in [7, 11) is 0. The second-order valence-electron chi connectivity index (χ2n) is 5.63. The van der Waals surface area contributed by atoms with Gasteiger partial charge >= 0.3 is 0 Å². The number of nitrogens with zero attached hydrogens (tertiary/aromatic N) is 1. The van der Waals surface area contributed by atoms with Crippen LogP contribution in [0.25, 0.3) is 0 Å². The first-order valence-corrected chi connectivity index (χ1v) is 8.44. The number of carbonyl (C=O) groups excluding carboxylic acids is 2. The van der Waals surface area contributed by atoms with Crippen molar-refractivity contribution in [3.8, 4) is 0 Å². The Labute approximate surface area is 147 Å². The van der Waals surface area contributed by atoms with Gasteiger partial charge in [-0.15, -0.1) is 0 Å². The molecule has 2 amide bonds. The highest BCUT2D eigenvalue weighted by atomic mass is 79.9. The molecule has 1 heterocycles. The van der Waals surface area contributed by atoms with Gasteiger partial charge in [0.25, 0.3) is 5.91 Å². The average Bonchev–Trinajstić information content (AvgIpc) is 2.83. The van der Waals surface area contributed by atoms with Gasteiger partial charge in [-0.2, -0.15) is 0 Å². The molecule has 0 aromatic heterocycles. The number of halogens is 2. The lowest BCUT2D eigenvalue weighted by molar-refractivity contribution is -0.121. The van der Waals surface area contributed by atoms with Gasteiger partial charge in [0.05, 0.1) is 18.2 Å². The summed E-state index contributed by atoms with van der Waals surface area (Å²) in [4.78, 5) is 25.8. The monoisotopic (exact) mass is 390 g/mol. The third kappa shape index (κ3) is 3.71. The molecule has 2 aromatic rings. The Morgan fingerprint density at radius 2 is 1.92 bits per heavy atom. The van der Waals surface area contributed by atoms with E-state index in [1.165, 1.54) is 17.0 Å². The Morgan fingerprint density at radius 3 is 2.62 bits per heavy atom. The average molecular weight is 391 g/mol. The molecule has 2 aromatic carbocycles. The van der Waals surface area contributed by atoms with E-state index in [-0.39, 0.29) is 24.1 Å². The summed E-state index contributed by atoms with van der Waals surface area (Å²) in [6, 6.07) is 12.9. The number of carbonyl (C=O) groups is 2. The number of anilines is 1. The molecule has 1 unspecified atom stereocenters. The van der Waals surface area contributed by atoms with Gasteiger partial charge in [-0.05, 0) is 54.9 Å². The van der Waals surface area contributed by atoms with Gasteiger partial charge in [-0.1, -0.05) is 28.1 Å². The summed E-state index contributed by atoms with van der Waals surface area (Å²) >= 11 is 3.33. The van der Waals surface area contributed by atoms with Crippen molar-refractivity contribution >= 4 is 33.4 Å². The topological polar surface area (TPSA) is 49.4 Å². The molecule has 0 radical (unpaired) electrons. The fourth-order valence-corrected chi connectivity index (χ4v) is 3.00. The number of amides is 2. The van der Waals surface area contributed by atoms with E-state index in [1.54, 1.807) is 30.3 Å². The Bertz CT molecular complexity index is 764. The molecule has 1 N–H and O–H groups in total. The molecule has 6 heteroatoms. The number of benzene rings is 2. The highest BCUT2D eigenvalue weighted by molar-refractivity contribution is 9.10. The van der Waals surface area contributed by atoms with E-state index in [9.17, 15) is 14.0 Å². The molecule has 0 aliphatic carbocycles. The second-order valence-corrected chi connectivity index (χ2v) is 6.55. The van der Waals surface area contributed by atoms with Gasteiger partial charge in [0.1, 0.15) is 5.82 Å². The van der Waals surface area contributed by atoms with Crippen LogP contribution in [-0.4, -0.2) is 24.4 Å². The largest absolute Gasteiger partial charge is 0.305 e. The quantitative estimate of drug-likeness (QED) is 0.798.